The van der Waals surface area contributed by atoms with Crippen molar-refractivity contribution in [3.63, 3.8) is 0 Å². The predicted molar refractivity (Wildman–Crippen MR) is 66.1 cm³/mol. The van der Waals surface area contributed by atoms with E-state index in [0.717, 1.165) is 0 Å². The molecule has 0 radical (unpaired) electrons. The average Bonchev–Trinajstić information content (AvgIpc) is 2.71. The normalized spacial score (nSPS) is 16.4. The van der Waals surface area contributed by atoms with E-state index in [4.69, 9.17) is 15.4 Å². The molecule has 0 spiro atoms. The molecule has 2 aromatic rings. The van der Waals surface area contributed by atoms with Crippen molar-refractivity contribution in [2.24, 2.45) is 0 Å². The van der Waals surface area contributed by atoms with Gasteiger partial charge in [0.2, 0.25) is 0 Å². The Morgan fingerprint density at radius 2 is 2.32 bits per heavy atom. The summed E-state index contributed by atoms with van der Waals surface area (Å²) in [7, 11) is -4.66. The lowest BCUT2D eigenvalue weighted by molar-refractivity contribution is 0.0793. The van der Waals surface area contributed by atoms with E-state index >= 15 is 0 Å². The minimum atomic E-state index is -4.66. The molecule has 0 aliphatic carbocycles. The third kappa shape index (κ3) is 3.46. The van der Waals surface area contributed by atoms with Gasteiger partial charge in [0, 0.05) is 0 Å². The van der Waals surface area contributed by atoms with Crippen LogP contribution in [0.4, 0.5) is 10.0 Å². The van der Waals surface area contributed by atoms with E-state index in [9.17, 15) is 8.76 Å². The Morgan fingerprint density at radius 3 is 3.00 bits per heavy atom. The Kier molecular flexibility index (Phi) is 3.79. The number of nitrogens with two attached hydrogens (primary N) is 1. The molecule has 2 atom stereocenters. The predicted octanol–water partition coefficient (Wildman–Crippen LogP) is 0.926. The molecule has 0 saturated heterocycles. The highest BCUT2D eigenvalue weighted by molar-refractivity contribution is 7.52. The summed E-state index contributed by atoms with van der Waals surface area (Å²) in [5.74, 6) is 0.265. The Bertz CT molecular complexity index is 627. The molecule has 104 valence electrons. The number of anilines is 1. The zero-order valence-corrected chi connectivity index (χ0v) is 11.0. The number of fused-ring (bicyclic) bond motifs is 1. The molecule has 0 fully saturated rings. The quantitative estimate of drug-likeness (QED) is 0.786. The number of aromatic nitrogens is 4. The molecule has 3 N–H and O–H groups in total. The first-order valence-electron chi connectivity index (χ1n) is 5.41. The second-order valence-corrected chi connectivity index (χ2v) is 5.54. The van der Waals surface area contributed by atoms with Crippen molar-refractivity contribution in [2.45, 2.75) is 19.6 Å². The highest BCUT2D eigenvalue weighted by Gasteiger charge is 2.18. The van der Waals surface area contributed by atoms with Gasteiger partial charge in [-0.25, -0.2) is 15.0 Å². The van der Waals surface area contributed by atoms with Gasteiger partial charge in [0.05, 0.1) is 19.0 Å². The SMILES string of the molecule is C[C@H](Cn1cnc2c(N)ncnc21)OCP(=O)(O)F. The molecule has 0 amide bonds. The van der Waals surface area contributed by atoms with Gasteiger partial charge in [-0.05, 0) is 6.92 Å². The first kappa shape index (κ1) is 13.9. The van der Waals surface area contributed by atoms with Crippen molar-refractivity contribution in [3.8, 4) is 0 Å². The van der Waals surface area contributed by atoms with E-state index < -0.39 is 20.1 Å². The van der Waals surface area contributed by atoms with Crippen LogP contribution in [0.2, 0.25) is 0 Å². The summed E-state index contributed by atoms with van der Waals surface area (Å²) in [5.41, 5.74) is 6.63. The van der Waals surface area contributed by atoms with Crippen molar-refractivity contribution in [2.75, 3.05) is 12.1 Å². The van der Waals surface area contributed by atoms with Crippen LogP contribution >= 0.6 is 7.68 Å². The van der Waals surface area contributed by atoms with E-state index in [1.54, 1.807) is 11.5 Å². The maximum Gasteiger partial charge on any atom is 0.389 e. The van der Waals surface area contributed by atoms with Crippen molar-refractivity contribution in [3.05, 3.63) is 12.7 Å². The summed E-state index contributed by atoms with van der Waals surface area (Å²) in [6, 6.07) is 0. The fourth-order valence-corrected chi connectivity index (χ4v) is 2.02. The Morgan fingerprint density at radius 1 is 1.58 bits per heavy atom. The lowest BCUT2D eigenvalue weighted by Crippen LogP contribution is -2.16. The van der Waals surface area contributed by atoms with Crippen LogP contribution in [0.15, 0.2) is 12.7 Å². The van der Waals surface area contributed by atoms with Crippen LogP contribution in [-0.2, 0) is 15.8 Å². The summed E-state index contributed by atoms with van der Waals surface area (Å²) in [6.07, 6.45) is 1.50. The number of imidazole rings is 1. The zero-order valence-electron chi connectivity index (χ0n) is 10.1. The number of ether oxygens (including phenoxy) is 1. The monoisotopic (exact) mass is 289 g/mol. The fraction of sp³-hybridized carbons (Fsp3) is 0.444. The molecule has 2 rings (SSSR count). The van der Waals surface area contributed by atoms with Gasteiger partial charge < -0.3 is 19.9 Å². The molecule has 0 aliphatic heterocycles. The average molecular weight is 289 g/mol. The van der Waals surface area contributed by atoms with Gasteiger partial charge in [0.25, 0.3) is 0 Å². The fourth-order valence-electron chi connectivity index (χ4n) is 1.58. The summed E-state index contributed by atoms with van der Waals surface area (Å²) in [4.78, 5) is 20.4. The molecule has 10 heteroatoms. The molecule has 2 aromatic heterocycles. The largest absolute Gasteiger partial charge is 0.389 e. The second kappa shape index (κ2) is 5.20. The topological polar surface area (TPSA) is 116 Å². The van der Waals surface area contributed by atoms with Crippen LogP contribution in [0.1, 0.15) is 6.92 Å². The van der Waals surface area contributed by atoms with Crippen molar-refractivity contribution >= 4 is 24.7 Å². The van der Waals surface area contributed by atoms with Gasteiger partial charge in [0.15, 0.2) is 17.8 Å². The highest BCUT2D eigenvalue weighted by atomic mass is 31.2. The number of nitrogens with zero attached hydrogens (tertiary/aromatic N) is 4. The Labute approximate surface area is 108 Å². The third-order valence-electron chi connectivity index (χ3n) is 2.40. The first-order chi connectivity index (χ1) is 8.87. The molecule has 19 heavy (non-hydrogen) atoms. The van der Waals surface area contributed by atoms with Crippen LogP contribution in [0.5, 0.6) is 0 Å². The van der Waals surface area contributed by atoms with Crippen LogP contribution in [0.3, 0.4) is 0 Å². The molecule has 8 nitrogen and oxygen atoms in total. The van der Waals surface area contributed by atoms with E-state index in [2.05, 4.69) is 15.0 Å². The van der Waals surface area contributed by atoms with Gasteiger partial charge in [-0.1, -0.05) is 0 Å². The number of halogens is 1. The van der Waals surface area contributed by atoms with Crippen LogP contribution in [0.25, 0.3) is 11.2 Å². The van der Waals surface area contributed by atoms with Gasteiger partial charge in [-0.3, -0.25) is 4.57 Å². The lowest BCUT2D eigenvalue weighted by Gasteiger charge is -2.13. The van der Waals surface area contributed by atoms with Crippen LogP contribution in [-0.4, -0.2) is 36.9 Å². The summed E-state index contributed by atoms with van der Waals surface area (Å²) in [6.45, 7) is 1.94. The molecular weight excluding hydrogens is 276 g/mol. The standard InChI is InChI=1S/C9H13FN5O3P/c1-6(18-5-19(10,16)17)2-15-4-14-7-8(11)12-3-13-9(7)15/h3-4,6H,2,5H2,1H3,(H,16,17)(H2,11,12,13)/t6-/m1/s1. The zero-order chi connectivity index (χ0) is 14.0. The minimum absolute atomic E-state index is 0.265. The summed E-state index contributed by atoms with van der Waals surface area (Å²) < 4.78 is 29.5. The molecule has 0 bridgehead atoms. The van der Waals surface area contributed by atoms with Gasteiger partial charge in [0.1, 0.15) is 11.8 Å². The highest BCUT2D eigenvalue weighted by Crippen LogP contribution is 2.42. The lowest BCUT2D eigenvalue weighted by atomic mass is 10.4. The smallest absolute Gasteiger partial charge is 0.382 e. The maximum atomic E-state index is 12.5. The second-order valence-electron chi connectivity index (χ2n) is 4.05. The first-order valence-corrected chi connectivity index (χ1v) is 7.15. The van der Waals surface area contributed by atoms with E-state index in [0.29, 0.717) is 17.7 Å². The summed E-state index contributed by atoms with van der Waals surface area (Å²) >= 11 is 0. The maximum absolute atomic E-state index is 12.5. The number of nitrogen functional groups attached to an aromatic ring is 1. The number of hydrogen-bond acceptors (Lipinski definition) is 6. The third-order valence-corrected chi connectivity index (χ3v) is 2.87. The molecular formula is C9H13FN5O3P. The molecule has 0 aliphatic rings. The molecule has 1 unspecified atom stereocenters. The van der Waals surface area contributed by atoms with Crippen molar-refractivity contribution in [1.82, 2.24) is 19.5 Å². The Balaban J connectivity index is 2.09. The van der Waals surface area contributed by atoms with E-state index in [-0.39, 0.29) is 5.82 Å². The molecule has 2 heterocycles. The van der Waals surface area contributed by atoms with Gasteiger partial charge in [-0.15, -0.1) is 0 Å². The van der Waals surface area contributed by atoms with Gasteiger partial charge >= 0.3 is 7.68 Å². The van der Waals surface area contributed by atoms with Crippen LogP contribution in [0, 0.1) is 0 Å². The number of rotatable bonds is 5. The van der Waals surface area contributed by atoms with Crippen LogP contribution < -0.4 is 5.73 Å². The number of hydrogen-bond donors (Lipinski definition) is 2. The van der Waals surface area contributed by atoms with E-state index in [1.807, 2.05) is 0 Å². The minimum Gasteiger partial charge on any atom is -0.382 e. The van der Waals surface area contributed by atoms with Gasteiger partial charge in [-0.2, -0.15) is 4.20 Å². The van der Waals surface area contributed by atoms with Crippen molar-refractivity contribution in [1.29, 1.82) is 0 Å². The van der Waals surface area contributed by atoms with E-state index in [1.165, 1.54) is 12.7 Å². The molecule has 0 saturated carbocycles. The molecule has 0 aromatic carbocycles. The Hall–Kier alpha value is -1.57. The summed E-state index contributed by atoms with van der Waals surface area (Å²) in [5, 5.41) is 0. The van der Waals surface area contributed by atoms with Crippen molar-refractivity contribution < 1.29 is 18.4 Å².